The Labute approximate surface area is 283 Å². The Morgan fingerprint density at radius 2 is 1.59 bits per heavy atom. The number of hydrogen-bond acceptors (Lipinski definition) is 5. The second kappa shape index (κ2) is 14.6. The molecule has 1 aliphatic heterocycles. The quantitative estimate of drug-likeness (QED) is 0.0931. The Bertz CT molecular complexity index is 1810. The largest absolute Gasteiger partial charge is 0.336 e. The minimum atomic E-state index is -0.751. The molecule has 0 spiro atoms. The van der Waals surface area contributed by atoms with Crippen molar-refractivity contribution in [3.8, 4) is 11.1 Å². The molecule has 2 atom stereocenters. The molecule has 230 valence electrons. The fourth-order valence-electron chi connectivity index (χ4n) is 5.70. The summed E-state index contributed by atoms with van der Waals surface area (Å²) in [5.41, 5.74) is 7.91. The van der Waals surface area contributed by atoms with E-state index in [-0.39, 0.29) is 22.3 Å². The number of pyridine rings is 1. The van der Waals surface area contributed by atoms with Crippen LogP contribution < -0.4 is 0 Å². The van der Waals surface area contributed by atoms with Crippen molar-refractivity contribution in [1.29, 1.82) is 0 Å². The van der Waals surface area contributed by atoms with Crippen LogP contribution in [-0.2, 0) is 29.1 Å². The van der Waals surface area contributed by atoms with Gasteiger partial charge in [0.2, 0.25) is 11.8 Å². The number of benzene rings is 3. The highest BCUT2D eigenvalue weighted by Gasteiger charge is 2.39. The van der Waals surface area contributed by atoms with E-state index in [9.17, 15) is 9.59 Å². The monoisotopic (exact) mass is 719 g/mol. The molecule has 0 fully saturated rings. The van der Waals surface area contributed by atoms with Crippen molar-refractivity contribution in [3.05, 3.63) is 156 Å². The molecule has 3 heterocycles. The number of hydrogen-bond donors (Lipinski definition) is 0. The number of rotatable bonds is 9. The summed E-state index contributed by atoms with van der Waals surface area (Å²) in [5, 5.41) is 0. The molecule has 8 heteroatoms. The molecule has 0 aliphatic carbocycles. The highest BCUT2D eigenvalue weighted by atomic mass is 127. The molecule has 2 unspecified atom stereocenters. The van der Waals surface area contributed by atoms with Gasteiger partial charge >= 0.3 is 0 Å². The topological polar surface area (TPSA) is 79.3 Å². The van der Waals surface area contributed by atoms with Crippen molar-refractivity contribution in [3.63, 3.8) is 0 Å². The summed E-state index contributed by atoms with van der Waals surface area (Å²) in [4.78, 5) is 45.3. The zero-order valence-electron chi connectivity index (χ0n) is 25.5. The first-order valence-corrected chi connectivity index (χ1v) is 16.5. The van der Waals surface area contributed by atoms with Crippen LogP contribution in [0.25, 0.3) is 17.2 Å². The van der Waals surface area contributed by atoms with Crippen molar-refractivity contribution in [2.24, 2.45) is 0 Å². The van der Waals surface area contributed by atoms with E-state index in [2.05, 4.69) is 49.7 Å². The first kappa shape index (κ1) is 31.3. The summed E-state index contributed by atoms with van der Waals surface area (Å²) >= 11 is 2.34. The van der Waals surface area contributed by atoms with Gasteiger partial charge in [-0.05, 0) is 58.9 Å². The number of amides is 2. The highest BCUT2D eigenvalue weighted by molar-refractivity contribution is 14.1. The highest BCUT2D eigenvalue weighted by Crippen LogP contribution is 2.34. The molecule has 5 aromatic rings. The summed E-state index contributed by atoms with van der Waals surface area (Å²) in [6, 6.07) is 29.3. The van der Waals surface area contributed by atoms with Gasteiger partial charge in [0.25, 0.3) is 0 Å². The van der Waals surface area contributed by atoms with Crippen molar-refractivity contribution in [1.82, 2.24) is 24.8 Å². The van der Waals surface area contributed by atoms with Crippen molar-refractivity contribution in [2.75, 3.05) is 6.54 Å². The summed E-state index contributed by atoms with van der Waals surface area (Å²) in [5.74, 6) is -0.317. The molecule has 46 heavy (non-hydrogen) atoms. The number of fused-ring (bicyclic) bond motifs is 1. The molecule has 0 bridgehead atoms. The molecule has 2 aromatic heterocycles. The van der Waals surface area contributed by atoms with Crippen molar-refractivity contribution in [2.45, 2.75) is 36.4 Å². The molecular weight excluding hydrogens is 685 g/mol. The maximum absolute atomic E-state index is 14.7. The molecule has 3 aromatic carbocycles. The number of aryl methyl sites for hydroxylation is 1. The first-order chi connectivity index (χ1) is 22.5. The summed E-state index contributed by atoms with van der Waals surface area (Å²) < 4.78 is -0.293. The smallest absolute Gasteiger partial charge is 0.247 e. The summed E-state index contributed by atoms with van der Waals surface area (Å²) in [6.07, 6.45) is 10.9. The van der Waals surface area contributed by atoms with Crippen molar-refractivity contribution >= 4 is 40.5 Å². The van der Waals surface area contributed by atoms with Crippen LogP contribution in [0, 0.1) is 6.92 Å². The Kier molecular flexibility index (Phi) is 9.93. The van der Waals surface area contributed by atoms with E-state index < -0.39 is 6.04 Å². The van der Waals surface area contributed by atoms with E-state index in [0.717, 1.165) is 39.8 Å². The molecule has 7 nitrogen and oxygen atoms in total. The number of halogens is 1. The molecule has 0 saturated carbocycles. The van der Waals surface area contributed by atoms with E-state index in [4.69, 9.17) is 0 Å². The van der Waals surface area contributed by atoms with Crippen LogP contribution in [0.2, 0.25) is 0 Å². The third-order valence-electron chi connectivity index (χ3n) is 8.24. The summed E-state index contributed by atoms with van der Waals surface area (Å²) in [7, 11) is 0. The predicted octanol–water partition coefficient (Wildman–Crippen LogP) is 7.02. The fraction of sp³-hybridized carbons (Fsp3) is 0.184. The van der Waals surface area contributed by atoms with Gasteiger partial charge in [-0.3, -0.25) is 14.6 Å². The van der Waals surface area contributed by atoms with Gasteiger partial charge in [0.05, 0.1) is 9.62 Å². The SMILES string of the molecule is Cc1ccc(C=CC(=O)N(Cc2ccc(-c3cncnc3)cc2)C(C(=O)N2CCc3ccccc3C2)C(I)c2ccccc2)nc1. The third-order valence-corrected chi connectivity index (χ3v) is 9.64. The number of aromatic nitrogens is 3. The van der Waals surface area contributed by atoms with Gasteiger partial charge in [-0.1, -0.05) is 108 Å². The van der Waals surface area contributed by atoms with Gasteiger partial charge in [-0.15, -0.1) is 0 Å². The minimum Gasteiger partial charge on any atom is -0.336 e. The zero-order valence-corrected chi connectivity index (χ0v) is 27.7. The Hall–Kier alpha value is -4.70. The molecule has 6 rings (SSSR count). The maximum Gasteiger partial charge on any atom is 0.247 e. The van der Waals surface area contributed by atoms with Gasteiger partial charge < -0.3 is 9.80 Å². The van der Waals surface area contributed by atoms with Gasteiger partial charge in [0.15, 0.2) is 0 Å². The van der Waals surface area contributed by atoms with Crippen LogP contribution in [0.4, 0.5) is 0 Å². The second-order valence-electron chi connectivity index (χ2n) is 11.4. The number of carbonyl (C=O) groups excluding carboxylic acids is 2. The van der Waals surface area contributed by atoms with Crippen LogP contribution in [0.5, 0.6) is 0 Å². The Balaban J connectivity index is 1.37. The lowest BCUT2D eigenvalue weighted by atomic mass is 9.97. The summed E-state index contributed by atoms with van der Waals surface area (Å²) in [6.45, 7) is 3.35. The maximum atomic E-state index is 14.7. The fourth-order valence-corrected chi connectivity index (χ4v) is 6.81. The molecule has 0 N–H and O–H groups in total. The first-order valence-electron chi connectivity index (χ1n) is 15.3. The van der Waals surface area contributed by atoms with E-state index in [1.54, 1.807) is 29.6 Å². The molecule has 0 radical (unpaired) electrons. The molecule has 2 amide bonds. The van der Waals surface area contributed by atoms with E-state index in [0.29, 0.717) is 18.8 Å². The lowest BCUT2D eigenvalue weighted by molar-refractivity contribution is -0.144. The van der Waals surface area contributed by atoms with Crippen molar-refractivity contribution < 1.29 is 9.59 Å². The van der Waals surface area contributed by atoms with Gasteiger partial charge in [-0.2, -0.15) is 0 Å². The van der Waals surface area contributed by atoms with Gasteiger partial charge in [0, 0.05) is 49.9 Å². The zero-order chi connectivity index (χ0) is 31.9. The predicted molar refractivity (Wildman–Crippen MR) is 189 cm³/mol. The lowest BCUT2D eigenvalue weighted by Gasteiger charge is -2.38. The Morgan fingerprint density at radius 1 is 0.870 bits per heavy atom. The van der Waals surface area contributed by atoms with Crippen LogP contribution in [0.3, 0.4) is 0 Å². The van der Waals surface area contributed by atoms with E-state index >= 15 is 0 Å². The Morgan fingerprint density at radius 3 is 2.30 bits per heavy atom. The van der Waals surface area contributed by atoms with E-state index in [1.165, 1.54) is 18.0 Å². The van der Waals surface area contributed by atoms with Crippen LogP contribution in [-0.4, -0.2) is 49.2 Å². The molecule has 0 saturated heterocycles. The van der Waals surface area contributed by atoms with Crippen LogP contribution >= 0.6 is 22.6 Å². The number of alkyl halides is 1. The third kappa shape index (κ3) is 7.39. The van der Waals surface area contributed by atoms with Crippen LogP contribution in [0.15, 0.2) is 122 Å². The molecule has 1 aliphatic rings. The van der Waals surface area contributed by atoms with E-state index in [1.807, 2.05) is 90.7 Å². The lowest BCUT2D eigenvalue weighted by Crippen LogP contribution is -2.53. The van der Waals surface area contributed by atoms with Gasteiger partial charge in [0.1, 0.15) is 12.4 Å². The number of nitrogens with zero attached hydrogens (tertiary/aromatic N) is 5. The number of carbonyl (C=O) groups is 2. The average molecular weight is 720 g/mol. The minimum absolute atomic E-state index is 0.0639. The standard InChI is InChI=1S/C38H34IN5O2/c1-27-11-16-34(42-21-27)17-18-35(45)44(24-28-12-14-30(15-13-28)33-22-40-26-41-23-33)37(36(39)31-8-3-2-4-9-31)38(46)43-20-19-29-7-5-6-10-32(29)25-43/h2-18,21-23,26,36-37H,19-20,24-25H2,1H3. The molecular formula is C38H34IN5O2. The van der Waals surface area contributed by atoms with Gasteiger partial charge in [-0.25, -0.2) is 9.97 Å². The average Bonchev–Trinajstić information content (AvgIpc) is 3.11. The normalized spacial score (nSPS) is 14.0. The van der Waals surface area contributed by atoms with Crippen LogP contribution in [0.1, 0.15) is 37.4 Å². The second-order valence-corrected chi connectivity index (χ2v) is 12.8.